The molecule has 0 aromatic rings. The van der Waals surface area contributed by atoms with Crippen molar-refractivity contribution in [2.24, 2.45) is 0 Å². The second kappa shape index (κ2) is 5.84. The van der Waals surface area contributed by atoms with Gasteiger partial charge in [-0.1, -0.05) is 56.1 Å². The molecule has 0 fully saturated rings. The molecule has 0 bridgehead atoms. The minimum atomic E-state index is -2.02. The molecule has 2 aliphatic heterocycles. The average molecular weight is 285 g/mol. The predicted molar refractivity (Wildman–Crippen MR) is 66.0 cm³/mol. The lowest BCUT2D eigenvalue weighted by Crippen LogP contribution is -1.97. The van der Waals surface area contributed by atoms with E-state index in [4.69, 9.17) is 9.05 Å². The van der Waals surface area contributed by atoms with Gasteiger partial charge in [0.05, 0.1) is 0 Å². The second-order valence-corrected chi connectivity index (χ2v) is 7.46. The van der Waals surface area contributed by atoms with Gasteiger partial charge in [0.2, 0.25) is 9.54 Å². The van der Waals surface area contributed by atoms with Crippen LogP contribution >= 0.6 is 55.3 Å². The van der Waals surface area contributed by atoms with Crippen LogP contribution in [0.2, 0.25) is 0 Å². The van der Waals surface area contributed by atoms with Crippen molar-refractivity contribution in [2.75, 3.05) is 0 Å². The smallest absolute Gasteiger partial charge is 0.0927 e. The largest absolute Gasteiger partial charge is 0.701 e. The van der Waals surface area contributed by atoms with E-state index in [1.807, 2.05) is 21.6 Å². The zero-order valence-electron chi connectivity index (χ0n) is 6.77. The Balaban J connectivity index is 1.68. The summed E-state index contributed by atoms with van der Waals surface area (Å²) in [5, 5.41) is 7.66. The zero-order chi connectivity index (χ0) is 9.80. The Hall–Kier alpha value is 0.900. The maximum Gasteiger partial charge on any atom is 0.701 e. The van der Waals surface area contributed by atoms with Gasteiger partial charge in [0.25, 0.3) is 0 Å². The van der Waals surface area contributed by atoms with Crippen LogP contribution in [0.5, 0.6) is 0 Å². The summed E-state index contributed by atoms with van der Waals surface area (Å²) in [6.07, 6.45) is 0. The van der Waals surface area contributed by atoms with Crippen molar-refractivity contribution in [3.8, 4) is 0 Å². The molecular weight excluding hydrogens is 279 g/mol. The molecule has 0 aliphatic carbocycles. The van der Waals surface area contributed by atoms with E-state index in [9.17, 15) is 4.57 Å². The molecule has 0 atom stereocenters. The van der Waals surface area contributed by atoms with E-state index in [0.29, 0.717) is 0 Å². The van der Waals surface area contributed by atoms with Crippen molar-refractivity contribution in [2.45, 2.75) is 9.54 Å². The van der Waals surface area contributed by atoms with Crippen LogP contribution in [0.4, 0.5) is 0 Å². The number of hydrogen-bond acceptors (Lipinski definition) is 7. The standard InChI is InChI=1S/C6H6O3PS4/c7-10(8-5-11-1-2-12-5)9-6-13-3-4-14-6/h1-6H/q+1. The van der Waals surface area contributed by atoms with E-state index in [0.717, 1.165) is 0 Å². The third kappa shape index (κ3) is 3.48. The van der Waals surface area contributed by atoms with Crippen molar-refractivity contribution < 1.29 is 13.6 Å². The summed E-state index contributed by atoms with van der Waals surface area (Å²) < 4.78 is 21.4. The Labute approximate surface area is 99.8 Å². The summed E-state index contributed by atoms with van der Waals surface area (Å²) in [5.74, 6) is 0. The van der Waals surface area contributed by atoms with Gasteiger partial charge in [-0.25, -0.2) is 0 Å². The van der Waals surface area contributed by atoms with Gasteiger partial charge in [0, 0.05) is 4.57 Å². The summed E-state index contributed by atoms with van der Waals surface area (Å²) in [5.41, 5.74) is 0. The van der Waals surface area contributed by atoms with E-state index >= 15 is 0 Å². The third-order valence-electron chi connectivity index (χ3n) is 1.21. The lowest BCUT2D eigenvalue weighted by Gasteiger charge is -2.00. The van der Waals surface area contributed by atoms with Gasteiger partial charge in [0.1, 0.15) is 0 Å². The molecule has 0 unspecified atom stereocenters. The van der Waals surface area contributed by atoms with Gasteiger partial charge >= 0.3 is 8.25 Å². The minimum absolute atomic E-state index is 0.122. The van der Waals surface area contributed by atoms with Gasteiger partial charge in [0.15, 0.2) is 0 Å². The topological polar surface area (TPSA) is 35.5 Å². The molecule has 3 nitrogen and oxygen atoms in total. The molecule has 14 heavy (non-hydrogen) atoms. The van der Waals surface area contributed by atoms with E-state index in [2.05, 4.69) is 0 Å². The monoisotopic (exact) mass is 285 g/mol. The van der Waals surface area contributed by atoms with Crippen LogP contribution in [0.3, 0.4) is 0 Å². The van der Waals surface area contributed by atoms with Crippen molar-refractivity contribution in [3.63, 3.8) is 0 Å². The first-order valence-corrected chi connectivity index (χ1v) is 8.44. The minimum Gasteiger partial charge on any atom is -0.0927 e. The van der Waals surface area contributed by atoms with Crippen LogP contribution < -0.4 is 0 Å². The van der Waals surface area contributed by atoms with E-state index in [1.165, 1.54) is 47.0 Å². The number of rotatable bonds is 4. The first-order chi connectivity index (χ1) is 6.84. The Morgan fingerprint density at radius 1 is 0.857 bits per heavy atom. The molecule has 2 aliphatic rings. The molecular formula is C6H6O3PS4+. The molecule has 2 heterocycles. The first kappa shape index (κ1) is 11.4. The van der Waals surface area contributed by atoms with Crippen molar-refractivity contribution >= 4 is 55.3 Å². The fraction of sp³-hybridized carbons (Fsp3) is 0.333. The predicted octanol–water partition coefficient (Wildman–Crippen LogP) is 4.15. The second-order valence-electron chi connectivity index (χ2n) is 2.10. The Kier molecular flexibility index (Phi) is 4.75. The highest BCUT2D eigenvalue weighted by molar-refractivity contribution is 8.22. The summed E-state index contributed by atoms with van der Waals surface area (Å²) in [4.78, 5) is 0. The molecule has 0 N–H and O–H groups in total. The molecule has 0 saturated carbocycles. The molecule has 76 valence electrons. The number of thioether (sulfide) groups is 4. The molecule has 0 amide bonds. The molecule has 0 spiro atoms. The molecule has 0 aromatic carbocycles. The Bertz CT molecular complexity index is 240. The van der Waals surface area contributed by atoms with Gasteiger partial charge < -0.3 is 0 Å². The SMILES string of the molecule is O=[P+](OC1SC=CS1)OC1SC=CS1. The lowest BCUT2D eigenvalue weighted by atomic mass is 11.3. The summed E-state index contributed by atoms with van der Waals surface area (Å²) in [6, 6.07) is 0. The Morgan fingerprint density at radius 3 is 1.57 bits per heavy atom. The number of hydrogen-bond donors (Lipinski definition) is 0. The molecule has 8 heteroatoms. The Morgan fingerprint density at radius 2 is 1.21 bits per heavy atom. The van der Waals surface area contributed by atoms with E-state index < -0.39 is 8.25 Å². The zero-order valence-corrected chi connectivity index (χ0v) is 10.9. The lowest BCUT2D eigenvalue weighted by molar-refractivity contribution is 0.264. The van der Waals surface area contributed by atoms with Gasteiger partial charge in [-0.15, -0.1) is 0 Å². The van der Waals surface area contributed by atoms with Gasteiger partial charge in [-0.3, -0.25) is 0 Å². The van der Waals surface area contributed by atoms with Gasteiger partial charge in [-0.2, -0.15) is 0 Å². The maximum atomic E-state index is 11.3. The van der Waals surface area contributed by atoms with Crippen LogP contribution in [0.1, 0.15) is 0 Å². The van der Waals surface area contributed by atoms with Crippen LogP contribution in [-0.2, 0) is 13.6 Å². The van der Waals surface area contributed by atoms with Crippen molar-refractivity contribution in [1.29, 1.82) is 0 Å². The van der Waals surface area contributed by atoms with Crippen LogP contribution in [0.15, 0.2) is 21.6 Å². The highest BCUT2D eigenvalue weighted by Crippen LogP contribution is 2.45. The normalized spacial score (nSPS) is 22.3. The molecule has 0 aromatic heterocycles. The maximum absolute atomic E-state index is 11.3. The van der Waals surface area contributed by atoms with Crippen molar-refractivity contribution in [1.82, 2.24) is 0 Å². The fourth-order valence-corrected chi connectivity index (χ4v) is 5.51. The van der Waals surface area contributed by atoms with Crippen LogP contribution in [-0.4, -0.2) is 9.54 Å². The van der Waals surface area contributed by atoms with Crippen LogP contribution in [0, 0.1) is 0 Å². The summed E-state index contributed by atoms with van der Waals surface area (Å²) in [7, 11) is -2.02. The van der Waals surface area contributed by atoms with E-state index in [1.54, 1.807) is 0 Å². The van der Waals surface area contributed by atoms with Gasteiger partial charge in [-0.05, 0) is 21.6 Å². The highest BCUT2D eigenvalue weighted by Gasteiger charge is 2.33. The molecule has 0 radical (unpaired) electrons. The average Bonchev–Trinajstić information content (AvgIpc) is 2.76. The third-order valence-corrected chi connectivity index (χ3v) is 6.68. The first-order valence-electron chi connectivity index (χ1n) is 3.57. The molecule has 0 saturated heterocycles. The quantitative estimate of drug-likeness (QED) is 0.718. The fourth-order valence-electron chi connectivity index (χ4n) is 0.714. The highest BCUT2D eigenvalue weighted by atomic mass is 32.2. The van der Waals surface area contributed by atoms with Crippen LogP contribution in [0.25, 0.3) is 0 Å². The van der Waals surface area contributed by atoms with Crippen molar-refractivity contribution in [3.05, 3.63) is 21.6 Å². The summed E-state index contributed by atoms with van der Waals surface area (Å²) >= 11 is 5.98. The molecule has 2 rings (SSSR count). The summed E-state index contributed by atoms with van der Waals surface area (Å²) in [6.45, 7) is 0. The van der Waals surface area contributed by atoms with E-state index in [-0.39, 0.29) is 9.54 Å².